The Morgan fingerprint density at radius 1 is 1.42 bits per heavy atom. The van der Waals surface area contributed by atoms with Crippen molar-refractivity contribution in [2.24, 2.45) is 7.05 Å². The number of aliphatic hydroxyl groups is 2. The predicted molar refractivity (Wildman–Crippen MR) is 104 cm³/mol. The smallest absolute Gasteiger partial charge is 0.394 e. The second-order valence-corrected chi connectivity index (χ2v) is 8.98. The molecule has 0 fully saturated rings. The second-order valence-electron chi connectivity index (χ2n) is 7.33. The van der Waals surface area contributed by atoms with E-state index in [0.29, 0.717) is 12.1 Å². The number of halogens is 4. The average Bonchev–Trinajstić information content (AvgIpc) is 2.98. The van der Waals surface area contributed by atoms with Crippen LogP contribution in [0.1, 0.15) is 29.5 Å². The van der Waals surface area contributed by atoms with Gasteiger partial charge in [0.2, 0.25) is 10.0 Å². The molecule has 0 saturated carbocycles. The van der Waals surface area contributed by atoms with Gasteiger partial charge in [0.25, 0.3) is 0 Å². The molecule has 170 valence electrons. The van der Waals surface area contributed by atoms with Crippen LogP contribution < -0.4 is 10.0 Å². The number of benzene rings is 1. The number of fused-ring (bicyclic) bond motifs is 1. The molecule has 0 amide bonds. The summed E-state index contributed by atoms with van der Waals surface area (Å²) in [6, 6.07) is 2.17. The van der Waals surface area contributed by atoms with Crippen molar-refractivity contribution in [3.8, 4) is 0 Å². The van der Waals surface area contributed by atoms with Gasteiger partial charge in [-0.05, 0) is 36.6 Å². The number of alkyl halides is 3. The molecule has 1 unspecified atom stereocenters. The van der Waals surface area contributed by atoms with Crippen LogP contribution in [0.4, 0.5) is 23.2 Å². The van der Waals surface area contributed by atoms with Crippen molar-refractivity contribution in [1.29, 1.82) is 0 Å². The van der Waals surface area contributed by atoms with Crippen LogP contribution in [0.2, 0.25) is 0 Å². The Balaban J connectivity index is 2.00. The maximum Gasteiger partial charge on any atom is 0.419 e. The molecule has 2 heterocycles. The van der Waals surface area contributed by atoms with Gasteiger partial charge in [0.1, 0.15) is 10.7 Å². The Hall–Kier alpha value is -2.41. The van der Waals surface area contributed by atoms with Gasteiger partial charge in [0.15, 0.2) is 6.23 Å². The Morgan fingerprint density at radius 2 is 2.10 bits per heavy atom. The number of hydrogen-bond donors (Lipinski definition) is 4. The van der Waals surface area contributed by atoms with Gasteiger partial charge >= 0.3 is 6.18 Å². The van der Waals surface area contributed by atoms with Crippen LogP contribution in [-0.4, -0.2) is 35.3 Å². The molecule has 1 aliphatic heterocycles. The van der Waals surface area contributed by atoms with E-state index >= 15 is 0 Å². The van der Waals surface area contributed by atoms with E-state index in [4.69, 9.17) is 0 Å². The number of nitrogens with one attached hydrogen (secondary N) is 2. The average molecular weight is 463 g/mol. The number of aliphatic hydroxyl groups excluding tert-OH is 2. The van der Waals surface area contributed by atoms with Gasteiger partial charge in [-0.1, -0.05) is 6.08 Å². The van der Waals surface area contributed by atoms with E-state index in [1.165, 1.54) is 23.9 Å². The molecule has 0 spiro atoms. The lowest BCUT2D eigenvalue weighted by atomic mass is 9.93. The van der Waals surface area contributed by atoms with Gasteiger partial charge in [-0.25, -0.2) is 12.8 Å². The Kier molecular flexibility index (Phi) is 5.95. The number of anilines is 1. The molecule has 1 aromatic carbocycles. The largest absolute Gasteiger partial charge is 0.419 e. The van der Waals surface area contributed by atoms with Crippen molar-refractivity contribution >= 4 is 15.7 Å². The first-order chi connectivity index (χ1) is 14.3. The molecule has 31 heavy (non-hydrogen) atoms. The minimum atomic E-state index is -4.92. The van der Waals surface area contributed by atoms with E-state index in [-0.39, 0.29) is 34.7 Å². The molecular formula is C19H21F4N3O4S. The lowest BCUT2D eigenvalue weighted by Gasteiger charge is -2.27. The summed E-state index contributed by atoms with van der Waals surface area (Å²) >= 11 is 0. The van der Waals surface area contributed by atoms with Crippen molar-refractivity contribution in [3.05, 3.63) is 59.7 Å². The quantitative estimate of drug-likeness (QED) is 0.310. The van der Waals surface area contributed by atoms with Crippen molar-refractivity contribution in [1.82, 2.24) is 9.29 Å². The van der Waals surface area contributed by atoms with E-state index in [1.54, 1.807) is 0 Å². The fourth-order valence-corrected chi connectivity index (χ4v) is 5.33. The summed E-state index contributed by atoms with van der Waals surface area (Å²) in [6.07, 6.45) is -3.70. The van der Waals surface area contributed by atoms with Crippen LogP contribution in [0, 0.1) is 5.82 Å². The fraction of sp³-hybridized carbons (Fsp3) is 0.368. The van der Waals surface area contributed by atoms with Crippen LogP contribution in [0.25, 0.3) is 0 Å². The van der Waals surface area contributed by atoms with Gasteiger partial charge < -0.3 is 20.1 Å². The first-order valence-electron chi connectivity index (χ1n) is 9.11. The minimum absolute atomic E-state index is 0.107. The normalized spacial score (nSPS) is 21.8. The van der Waals surface area contributed by atoms with E-state index < -0.39 is 46.0 Å². The zero-order chi connectivity index (χ0) is 23.2. The second kappa shape index (κ2) is 7.93. The standard InChI is InChI=1S/C19H21F4N3O4S/c1-3-18(10-27)7-6-12-15(31(29,30)25-18)9-26(2)16(12)17(28)24-11-4-5-14(20)13(8-11)19(21,22)23/h3-5,8-9,17,24-25,27-28H,1,6-7,10H2,2H3/t17?,18-/m1/s1. The Labute approximate surface area is 176 Å². The van der Waals surface area contributed by atoms with Crippen molar-refractivity contribution in [2.75, 3.05) is 11.9 Å². The van der Waals surface area contributed by atoms with Crippen LogP contribution >= 0.6 is 0 Å². The summed E-state index contributed by atoms with van der Waals surface area (Å²) in [5.41, 5.74) is -2.65. The zero-order valence-electron chi connectivity index (χ0n) is 16.4. The molecular weight excluding hydrogens is 442 g/mol. The summed E-state index contributed by atoms with van der Waals surface area (Å²) in [6.45, 7) is 3.04. The van der Waals surface area contributed by atoms with Crippen molar-refractivity contribution < 1.29 is 36.2 Å². The first-order valence-corrected chi connectivity index (χ1v) is 10.6. The number of nitrogens with zero attached hydrogens (tertiary/aromatic N) is 1. The lowest BCUT2D eigenvalue weighted by Crippen LogP contribution is -2.48. The van der Waals surface area contributed by atoms with Gasteiger partial charge in [0, 0.05) is 18.9 Å². The van der Waals surface area contributed by atoms with Gasteiger partial charge in [0.05, 0.1) is 23.4 Å². The molecule has 2 aromatic rings. The topological polar surface area (TPSA) is 104 Å². The molecule has 0 saturated heterocycles. The number of hydrogen-bond acceptors (Lipinski definition) is 5. The minimum Gasteiger partial charge on any atom is -0.394 e. The van der Waals surface area contributed by atoms with Crippen LogP contribution in [0.5, 0.6) is 0 Å². The van der Waals surface area contributed by atoms with E-state index in [2.05, 4.69) is 16.6 Å². The fourth-order valence-electron chi connectivity index (χ4n) is 3.60. The third kappa shape index (κ3) is 4.33. The molecule has 4 N–H and O–H groups in total. The summed E-state index contributed by atoms with van der Waals surface area (Å²) < 4.78 is 81.8. The maximum absolute atomic E-state index is 13.5. The third-order valence-corrected chi connectivity index (χ3v) is 6.86. The van der Waals surface area contributed by atoms with Crippen molar-refractivity contribution in [2.45, 2.75) is 35.7 Å². The monoisotopic (exact) mass is 463 g/mol. The molecule has 3 rings (SSSR count). The van der Waals surface area contributed by atoms with E-state index in [1.807, 2.05) is 0 Å². The predicted octanol–water partition coefficient (Wildman–Crippen LogP) is 2.43. The lowest BCUT2D eigenvalue weighted by molar-refractivity contribution is -0.139. The molecule has 1 aliphatic rings. The van der Waals surface area contributed by atoms with Gasteiger partial charge in [-0.15, -0.1) is 6.58 Å². The highest BCUT2D eigenvalue weighted by atomic mass is 32.2. The summed E-state index contributed by atoms with van der Waals surface area (Å²) in [4.78, 5) is -0.127. The van der Waals surface area contributed by atoms with E-state index in [0.717, 1.165) is 6.07 Å². The molecule has 7 nitrogen and oxygen atoms in total. The van der Waals surface area contributed by atoms with Crippen molar-refractivity contribution in [3.63, 3.8) is 0 Å². The highest BCUT2D eigenvalue weighted by Gasteiger charge is 2.39. The summed E-state index contributed by atoms with van der Waals surface area (Å²) in [5.74, 6) is -1.46. The van der Waals surface area contributed by atoms with Gasteiger partial charge in [-0.2, -0.15) is 17.9 Å². The Bertz CT molecular complexity index is 1110. The SMILES string of the molecule is C=C[C@]1(CO)CCc2c(cn(C)c2C(O)Nc2ccc(F)c(C(F)(F)F)c2)S(=O)(=O)N1. The summed E-state index contributed by atoms with van der Waals surface area (Å²) in [7, 11) is -2.61. The highest BCUT2D eigenvalue weighted by molar-refractivity contribution is 7.89. The number of aryl methyl sites for hydroxylation is 1. The molecule has 0 bridgehead atoms. The van der Waals surface area contributed by atoms with Crippen LogP contribution in [0.15, 0.2) is 41.9 Å². The molecule has 0 radical (unpaired) electrons. The van der Waals surface area contributed by atoms with Gasteiger partial charge in [-0.3, -0.25) is 0 Å². The van der Waals surface area contributed by atoms with Crippen LogP contribution in [0.3, 0.4) is 0 Å². The number of sulfonamides is 1. The zero-order valence-corrected chi connectivity index (χ0v) is 17.2. The molecule has 2 atom stereocenters. The first kappa shape index (κ1) is 23.3. The Morgan fingerprint density at radius 3 is 2.68 bits per heavy atom. The number of aromatic nitrogens is 1. The summed E-state index contributed by atoms with van der Waals surface area (Å²) in [5, 5.41) is 22.8. The molecule has 0 aliphatic carbocycles. The maximum atomic E-state index is 13.5. The molecule has 12 heteroatoms. The van der Waals surface area contributed by atoms with Crippen LogP contribution in [-0.2, 0) is 29.7 Å². The number of rotatable bonds is 5. The molecule has 1 aromatic heterocycles. The third-order valence-electron chi connectivity index (χ3n) is 5.25. The van der Waals surface area contributed by atoms with E-state index in [9.17, 15) is 36.2 Å². The highest BCUT2D eigenvalue weighted by Crippen LogP contribution is 2.36.